The molecule has 0 bridgehead atoms. The Morgan fingerprint density at radius 3 is 2.44 bits per heavy atom. The van der Waals surface area contributed by atoms with Crippen molar-refractivity contribution in [3.8, 4) is 0 Å². The molecule has 0 N–H and O–H groups in total. The highest BCUT2D eigenvalue weighted by molar-refractivity contribution is 9.08. The second kappa shape index (κ2) is 6.01. The van der Waals surface area contributed by atoms with Crippen LogP contribution in [0.2, 0.25) is 0 Å². The van der Waals surface area contributed by atoms with Gasteiger partial charge >= 0.3 is 0 Å². The molecule has 4 heteroatoms. The first-order valence-electron chi connectivity index (χ1n) is 6.14. The quantitative estimate of drug-likeness (QED) is 0.785. The van der Waals surface area contributed by atoms with Gasteiger partial charge in [0.25, 0.3) is 0 Å². The van der Waals surface area contributed by atoms with Crippen LogP contribution in [0.3, 0.4) is 0 Å². The molecule has 16 heavy (non-hydrogen) atoms. The van der Waals surface area contributed by atoms with E-state index < -0.39 is 0 Å². The molecule has 2 rings (SSSR count). The molecule has 1 aromatic rings. The van der Waals surface area contributed by atoms with Crippen molar-refractivity contribution in [2.45, 2.75) is 44.4 Å². The zero-order valence-electron chi connectivity index (χ0n) is 9.84. The highest BCUT2D eigenvalue weighted by atomic mass is 79.9. The van der Waals surface area contributed by atoms with Crippen molar-refractivity contribution in [1.29, 1.82) is 0 Å². The number of nitrogens with zero attached hydrogens (tertiary/aromatic N) is 2. The highest BCUT2D eigenvalue weighted by Gasteiger charge is 2.16. The molecular formula is C12H19BrN2S. The van der Waals surface area contributed by atoms with E-state index >= 15 is 0 Å². The van der Waals surface area contributed by atoms with Gasteiger partial charge in [-0.05, 0) is 19.3 Å². The highest BCUT2D eigenvalue weighted by Crippen LogP contribution is 2.29. The molecule has 0 amide bonds. The van der Waals surface area contributed by atoms with E-state index in [1.54, 1.807) is 0 Å². The molecule has 0 aliphatic carbocycles. The van der Waals surface area contributed by atoms with Gasteiger partial charge < -0.3 is 4.90 Å². The lowest BCUT2D eigenvalue weighted by Gasteiger charge is -2.18. The van der Waals surface area contributed by atoms with E-state index in [0.717, 1.165) is 11.8 Å². The summed E-state index contributed by atoms with van der Waals surface area (Å²) in [5, 5.41) is 2.19. The molecule has 2 heterocycles. The fraction of sp³-hybridized carbons (Fsp3) is 0.750. The maximum absolute atomic E-state index is 4.78. The average Bonchev–Trinajstić information content (AvgIpc) is 2.54. The summed E-state index contributed by atoms with van der Waals surface area (Å²) in [4.78, 5) is 8.66. The van der Waals surface area contributed by atoms with E-state index in [-0.39, 0.29) is 0 Å². The second-order valence-electron chi connectivity index (χ2n) is 4.25. The van der Waals surface area contributed by atoms with Crippen LogP contribution in [-0.4, -0.2) is 18.1 Å². The maximum Gasteiger partial charge on any atom is 0.185 e. The van der Waals surface area contributed by atoms with Gasteiger partial charge in [-0.2, -0.15) is 0 Å². The number of alkyl halides is 1. The molecule has 1 aliphatic heterocycles. The van der Waals surface area contributed by atoms with Crippen LogP contribution in [-0.2, 0) is 11.8 Å². The van der Waals surface area contributed by atoms with E-state index in [0.29, 0.717) is 0 Å². The van der Waals surface area contributed by atoms with Crippen molar-refractivity contribution in [1.82, 2.24) is 4.98 Å². The molecule has 1 aromatic heterocycles. The van der Waals surface area contributed by atoms with Gasteiger partial charge in [0, 0.05) is 23.3 Å². The molecular weight excluding hydrogens is 284 g/mol. The fourth-order valence-electron chi connectivity index (χ4n) is 2.15. The normalized spacial score (nSPS) is 17.5. The predicted molar refractivity (Wildman–Crippen MR) is 74.8 cm³/mol. The first kappa shape index (κ1) is 12.4. The summed E-state index contributed by atoms with van der Waals surface area (Å²) >= 11 is 5.42. The first-order chi connectivity index (χ1) is 7.85. The van der Waals surface area contributed by atoms with Gasteiger partial charge in [0.1, 0.15) is 0 Å². The minimum absolute atomic E-state index is 0.946. The van der Waals surface area contributed by atoms with Gasteiger partial charge in [0.15, 0.2) is 5.13 Å². The van der Waals surface area contributed by atoms with Gasteiger partial charge in [-0.25, -0.2) is 4.98 Å². The maximum atomic E-state index is 4.78. The smallest absolute Gasteiger partial charge is 0.185 e. The Morgan fingerprint density at radius 2 is 1.94 bits per heavy atom. The largest absolute Gasteiger partial charge is 0.348 e. The van der Waals surface area contributed by atoms with Crippen LogP contribution in [0.1, 0.15) is 43.2 Å². The molecule has 0 saturated carbocycles. The summed E-state index contributed by atoms with van der Waals surface area (Å²) in [5.41, 5.74) is 1.28. The summed E-state index contributed by atoms with van der Waals surface area (Å²) in [6, 6.07) is 0. The Kier molecular flexibility index (Phi) is 4.65. The van der Waals surface area contributed by atoms with Gasteiger partial charge in [-0.3, -0.25) is 0 Å². The molecule has 0 aromatic carbocycles. The topological polar surface area (TPSA) is 16.1 Å². The Hall–Kier alpha value is -0.0900. The van der Waals surface area contributed by atoms with E-state index in [9.17, 15) is 0 Å². The number of aryl methyl sites for hydroxylation is 1. The lowest BCUT2D eigenvalue weighted by Crippen LogP contribution is -2.23. The number of rotatable bonds is 3. The van der Waals surface area contributed by atoms with E-state index in [1.165, 1.54) is 54.5 Å². The van der Waals surface area contributed by atoms with Crippen LogP contribution >= 0.6 is 27.3 Å². The molecule has 1 saturated heterocycles. The van der Waals surface area contributed by atoms with Crippen LogP contribution in [0, 0.1) is 0 Å². The van der Waals surface area contributed by atoms with Crippen LogP contribution in [0.5, 0.6) is 0 Å². The Labute approximate surface area is 110 Å². The average molecular weight is 303 g/mol. The van der Waals surface area contributed by atoms with Crippen molar-refractivity contribution < 1.29 is 0 Å². The van der Waals surface area contributed by atoms with Crippen molar-refractivity contribution in [3.05, 3.63) is 10.6 Å². The summed E-state index contributed by atoms with van der Waals surface area (Å²) in [5.74, 6) is 0. The Balaban J connectivity index is 2.15. The lowest BCUT2D eigenvalue weighted by molar-refractivity contribution is 0.726. The van der Waals surface area contributed by atoms with Crippen molar-refractivity contribution in [2.75, 3.05) is 18.0 Å². The number of hydrogen-bond acceptors (Lipinski definition) is 3. The summed E-state index contributed by atoms with van der Waals surface area (Å²) < 4.78 is 0. The zero-order valence-corrected chi connectivity index (χ0v) is 12.2. The van der Waals surface area contributed by atoms with Gasteiger partial charge in [-0.15, -0.1) is 11.3 Å². The van der Waals surface area contributed by atoms with E-state index in [4.69, 9.17) is 4.98 Å². The monoisotopic (exact) mass is 302 g/mol. The molecule has 0 radical (unpaired) electrons. The lowest BCUT2D eigenvalue weighted by atomic mass is 10.2. The number of aromatic nitrogens is 1. The summed E-state index contributed by atoms with van der Waals surface area (Å²) in [6.07, 6.45) is 6.46. The van der Waals surface area contributed by atoms with Crippen LogP contribution in [0.15, 0.2) is 0 Å². The standard InChI is InChI=1S/C12H19BrN2S/c1-2-10-11(9-13)16-12(14-10)15-7-5-3-4-6-8-15/h2-9H2,1H3. The number of thiazole rings is 1. The number of halogens is 1. The third-order valence-electron chi connectivity index (χ3n) is 3.10. The van der Waals surface area contributed by atoms with Gasteiger partial charge in [-0.1, -0.05) is 35.7 Å². The first-order valence-corrected chi connectivity index (χ1v) is 8.08. The van der Waals surface area contributed by atoms with Gasteiger partial charge in [0.2, 0.25) is 0 Å². The third kappa shape index (κ3) is 2.77. The van der Waals surface area contributed by atoms with Gasteiger partial charge in [0.05, 0.1) is 5.69 Å². The minimum Gasteiger partial charge on any atom is -0.348 e. The SMILES string of the molecule is CCc1nc(N2CCCCCC2)sc1CBr. The van der Waals surface area contributed by atoms with Crippen LogP contribution < -0.4 is 4.90 Å². The minimum atomic E-state index is 0.946. The summed E-state index contributed by atoms with van der Waals surface area (Å²) in [6.45, 7) is 4.57. The van der Waals surface area contributed by atoms with Crippen LogP contribution in [0.25, 0.3) is 0 Å². The second-order valence-corrected chi connectivity index (χ2v) is 5.88. The third-order valence-corrected chi connectivity index (χ3v) is 5.19. The van der Waals surface area contributed by atoms with Crippen molar-refractivity contribution >= 4 is 32.4 Å². The van der Waals surface area contributed by atoms with Crippen molar-refractivity contribution in [3.63, 3.8) is 0 Å². The molecule has 0 atom stereocenters. The predicted octanol–water partition coefficient (Wildman–Crippen LogP) is 3.98. The summed E-state index contributed by atoms with van der Waals surface area (Å²) in [7, 11) is 0. The molecule has 0 unspecified atom stereocenters. The fourth-order valence-corrected chi connectivity index (χ4v) is 3.86. The van der Waals surface area contributed by atoms with E-state index in [1.807, 2.05) is 11.3 Å². The number of hydrogen-bond donors (Lipinski definition) is 0. The molecule has 90 valence electrons. The Morgan fingerprint density at radius 1 is 1.25 bits per heavy atom. The molecule has 1 fully saturated rings. The van der Waals surface area contributed by atoms with Crippen molar-refractivity contribution in [2.24, 2.45) is 0 Å². The molecule has 2 nitrogen and oxygen atoms in total. The molecule has 1 aliphatic rings. The van der Waals surface area contributed by atoms with Crippen LogP contribution in [0.4, 0.5) is 5.13 Å². The molecule has 0 spiro atoms. The Bertz CT molecular complexity index is 308. The van der Waals surface area contributed by atoms with E-state index in [2.05, 4.69) is 27.8 Å². The number of anilines is 1. The zero-order chi connectivity index (χ0) is 11.4.